The number of nitriles is 1. The van der Waals surface area contributed by atoms with Crippen molar-refractivity contribution in [2.75, 3.05) is 5.32 Å². The molecule has 1 N–H and O–H groups in total. The van der Waals surface area contributed by atoms with Gasteiger partial charge in [-0.25, -0.2) is 4.39 Å². The molecule has 0 radical (unpaired) electrons. The van der Waals surface area contributed by atoms with Gasteiger partial charge in [-0.3, -0.25) is 0 Å². The Bertz CT molecular complexity index is 627. The second kappa shape index (κ2) is 4.89. The molecular formula is C15H13FN2. The summed E-state index contributed by atoms with van der Waals surface area (Å²) in [6.07, 6.45) is 0. The third-order valence-corrected chi connectivity index (χ3v) is 2.75. The van der Waals surface area contributed by atoms with Gasteiger partial charge >= 0.3 is 0 Å². The minimum atomic E-state index is -0.507. The lowest BCUT2D eigenvalue weighted by Gasteiger charge is -2.10. The Labute approximate surface area is 106 Å². The van der Waals surface area contributed by atoms with E-state index in [2.05, 4.69) is 11.4 Å². The second-order valence-corrected chi connectivity index (χ2v) is 4.25. The summed E-state index contributed by atoms with van der Waals surface area (Å²) in [4.78, 5) is 0. The number of hydrogen-bond donors (Lipinski definition) is 1. The van der Waals surface area contributed by atoms with Crippen molar-refractivity contribution >= 4 is 11.4 Å². The maximum Gasteiger partial charge on any atom is 0.143 e. The molecule has 0 heterocycles. The smallest absolute Gasteiger partial charge is 0.143 e. The van der Waals surface area contributed by atoms with E-state index in [4.69, 9.17) is 5.26 Å². The van der Waals surface area contributed by atoms with Crippen molar-refractivity contribution in [1.82, 2.24) is 0 Å². The van der Waals surface area contributed by atoms with Gasteiger partial charge < -0.3 is 5.32 Å². The summed E-state index contributed by atoms with van der Waals surface area (Å²) in [5.74, 6) is -0.507. The van der Waals surface area contributed by atoms with E-state index in [9.17, 15) is 4.39 Å². The van der Waals surface area contributed by atoms with Gasteiger partial charge in [-0.05, 0) is 43.7 Å². The van der Waals surface area contributed by atoms with E-state index in [1.165, 1.54) is 17.7 Å². The summed E-state index contributed by atoms with van der Waals surface area (Å²) >= 11 is 0. The number of benzene rings is 2. The van der Waals surface area contributed by atoms with Crippen molar-refractivity contribution < 1.29 is 4.39 Å². The average molecular weight is 240 g/mol. The molecule has 0 amide bonds. The predicted molar refractivity (Wildman–Crippen MR) is 70.3 cm³/mol. The Morgan fingerprint density at radius 2 is 1.89 bits per heavy atom. The molecule has 90 valence electrons. The van der Waals surface area contributed by atoms with Gasteiger partial charge in [0.05, 0.1) is 5.56 Å². The monoisotopic (exact) mass is 240 g/mol. The molecule has 2 nitrogen and oxygen atoms in total. The molecule has 0 unspecified atom stereocenters. The van der Waals surface area contributed by atoms with E-state index in [1.54, 1.807) is 12.1 Å². The van der Waals surface area contributed by atoms with Gasteiger partial charge in [0.15, 0.2) is 0 Å². The number of halogens is 1. The van der Waals surface area contributed by atoms with Crippen LogP contribution >= 0.6 is 0 Å². The van der Waals surface area contributed by atoms with E-state index >= 15 is 0 Å². The molecule has 0 aliphatic heterocycles. The Kier molecular flexibility index (Phi) is 3.29. The van der Waals surface area contributed by atoms with Crippen LogP contribution in [0.4, 0.5) is 15.8 Å². The fourth-order valence-electron chi connectivity index (χ4n) is 1.79. The zero-order valence-corrected chi connectivity index (χ0v) is 10.3. The normalized spacial score (nSPS) is 9.89. The first-order valence-corrected chi connectivity index (χ1v) is 5.64. The van der Waals surface area contributed by atoms with Crippen LogP contribution < -0.4 is 5.32 Å². The van der Waals surface area contributed by atoms with E-state index in [0.29, 0.717) is 5.69 Å². The molecule has 0 bridgehead atoms. The lowest BCUT2D eigenvalue weighted by molar-refractivity contribution is 0.624. The molecule has 0 saturated heterocycles. The lowest BCUT2D eigenvalue weighted by Crippen LogP contribution is -1.95. The summed E-state index contributed by atoms with van der Waals surface area (Å²) in [5.41, 5.74) is 3.91. The maximum atomic E-state index is 13.5. The highest BCUT2D eigenvalue weighted by Crippen LogP contribution is 2.22. The standard InChI is InChI=1S/C15H13FN2/c1-10-3-6-15(11(2)7-10)18-13-5-4-12(9-17)14(16)8-13/h3-8,18H,1-2H3. The van der Waals surface area contributed by atoms with Gasteiger partial charge in [0.2, 0.25) is 0 Å². The molecule has 0 fully saturated rings. The fourth-order valence-corrected chi connectivity index (χ4v) is 1.79. The minimum absolute atomic E-state index is 0.0566. The Morgan fingerprint density at radius 3 is 2.50 bits per heavy atom. The van der Waals surface area contributed by atoms with E-state index < -0.39 is 5.82 Å². The zero-order chi connectivity index (χ0) is 13.1. The molecule has 2 aromatic carbocycles. The van der Waals surface area contributed by atoms with Gasteiger partial charge in [-0.2, -0.15) is 5.26 Å². The van der Waals surface area contributed by atoms with Crippen LogP contribution in [0.1, 0.15) is 16.7 Å². The number of aryl methyl sites for hydroxylation is 2. The van der Waals surface area contributed by atoms with Crippen LogP contribution in [0.15, 0.2) is 36.4 Å². The lowest BCUT2D eigenvalue weighted by atomic mass is 10.1. The molecule has 0 aromatic heterocycles. The van der Waals surface area contributed by atoms with Gasteiger partial charge in [0.25, 0.3) is 0 Å². The molecule has 0 atom stereocenters. The number of hydrogen-bond acceptors (Lipinski definition) is 2. The molecule has 2 rings (SSSR count). The van der Waals surface area contributed by atoms with Crippen molar-refractivity contribution in [3.63, 3.8) is 0 Å². The summed E-state index contributed by atoms with van der Waals surface area (Å²) in [7, 11) is 0. The van der Waals surface area contributed by atoms with Crippen molar-refractivity contribution in [3.8, 4) is 6.07 Å². The van der Waals surface area contributed by atoms with Crippen molar-refractivity contribution in [2.45, 2.75) is 13.8 Å². The molecule has 0 saturated carbocycles. The summed E-state index contributed by atoms with van der Waals surface area (Å²) in [6.45, 7) is 4.02. The first kappa shape index (κ1) is 12.1. The number of anilines is 2. The van der Waals surface area contributed by atoms with E-state index in [-0.39, 0.29) is 5.56 Å². The molecule has 2 aromatic rings. The van der Waals surface area contributed by atoms with Crippen LogP contribution in [0.2, 0.25) is 0 Å². The van der Waals surface area contributed by atoms with E-state index in [1.807, 2.05) is 26.0 Å². The molecule has 3 heteroatoms. The highest BCUT2D eigenvalue weighted by molar-refractivity contribution is 5.64. The highest BCUT2D eigenvalue weighted by atomic mass is 19.1. The van der Waals surface area contributed by atoms with Crippen LogP contribution in [0.25, 0.3) is 0 Å². The fraction of sp³-hybridized carbons (Fsp3) is 0.133. The third kappa shape index (κ3) is 2.49. The maximum absolute atomic E-state index is 13.5. The zero-order valence-electron chi connectivity index (χ0n) is 10.3. The van der Waals surface area contributed by atoms with Crippen LogP contribution in [0.3, 0.4) is 0 Å². The SMILES string of the molecule is Cc1ccc(Nc2ccc(C#N)c(F)c2)c(C)c1. The second-order valence-electron chi connectivity index (χ2n) is 4.25. The van der Waals surface area contributed by atoms with Crippen LogP contribution in [0.5, 0.6) is 0 Å². The van der Waals surface area contributed by atoms with Crippen LogP contribution in [-0.2, 0) is 0 Å². The summed E-state index contributed by atoms with van der Waals surface area (Å²) in [6, 6.07) is 12.3. The largest absolute Gasteiger partial charge is 0.355 e. The van der Waals surface area contributed by atoms with Gasteiger partial charge in [-0.15, -0.1) is 0 Å². The first-order valence-electron chi connectivity index (χ1n) is 5.64. The third-order valence-electron chi connectivity index (χ3n) is 2.75. The van der Waals surface area contributed by atoms with Gasteiger partial charge in [-0.1, -0.05) is 17.7 Å². The van der Waals surface area contributed by atoms with Crippen LogP contribution in [-0.4, -0.2) is 0 Å². The topological polar surface area (TPSA) is 35.8 Å². The molecule has 18 heavy (non-hydrogen) atoms. The van der Waals surface area contributed by atoms with Crippen LogP contribution in [0, 0.1) is 31.0 Å². The Morgan fingerprint density at radius 1 is 1.11 bits per heavy atom. The highest BCUT2D eigenvalue weighted by Gasteiger charge is 2.04. The number of rotatable bonds is 2. The van der Waals surface area contributed by atoms with E-state index in [0.717, 1.165) is 11.3 Å². The van der Waals surface area contributed by atoms with Crippen molar-refractivity contribution in [1.29, 1.82) is 5.26 Å². The molecule has 0 aliphatic carbocycles. The van der Waals surface area contributed by atoms with Gasteiger partial charge in [0, 0.05) is 11.4 Å². The Hall–Kier alpha value is -2.34. The number of nitrogens with one attached hydrogen (secondary N) is 1. The predicted octanol–water partition coefficient (Wildman–Crippen LogP) is 4.06. The average Bonchev–Trinajstić information content (AvgIpc) is 2.33. The van der Waals surface area contributed by atoms with Crippen molar-refractivity contribution in [2.24, 2.45) is 0 Å². The molecule has 0 aliphatic rings. The quantitative estimate of drug-likeness (QED) is 0.859. The summed E-state index contributed by atoms with van der Waals surface area (Å²) in [5, 5.41) is 11.8. The Balaban J connectivity index is 2.29. The molecular weight excluding hydrogens is 227 g/mol. The molecule has 0 spiro atoms. The minimum Gasteiger partial charge on any atom is -0.355 e. The van der Waals surface area contributed by atoms with Gasteiger partial charge in [0.1, 0.15) is 11.9 Å². The number of nitrogens with zero attached hydrogens (tertiary/aromatic N) is 1. The first-order chi connectivity index (χ1) is 8.60. The van der Waals surface area contributed by atoms with Crippen molar-refractivity contribution in [3.05, 3.63) is 58.9 Å². The summed E-state index contributed by atoms with van der Waals surface area (Å²) < 4.78 is 13.5.